The Morgan fingerprint density at radius 2 is 0.985 bits per heavy atom. The van der Waals surface area contributed by atoms with Gasteiger partial charge < -0.3 is 32.2 Å². The lowest BCUT2D eigenvalue weighted by Crippen LogP contribution is -2.31. The molecular formula is C42H71BN17O7. The van der Waals surface area contributed by atoms with Gasteiger partial charge in [0.05, 0.1) is 18.3 Å². The first-order chi connectivity index (χ1) is 32.1. The second kappa shape index (κ2) is 40.2. The fraction of sp³-hybridized carbons (Fsp3) is 0.690. The largest absolute Gasteiger partial charge is 0.356 e. The van der Waals surface area contributed by atoms with Crippen molar-refractivity contribution in [3.05, 3.63) is 36.0 Å². The van der Waals surface area contributed by atoms with Crippen LogP contribution in [0.2, 0.25) is 6.32 Å². The SMILES string of the molecule is CC(=O)C(C[B]C=O)CCC(=O)NCCCCCc1nncnn1.CC(=O)C(N)CCC(=O)NCCCCCc1nncnn1.CCCc1nnc(C)nn1.CCNC(=O)CCC(N)C(C)=O. The number of ketones is 3. The van der Waals surface area contributed by atoms with E-state index in [-0.39, 0.29) is 47.4 Å². The zero-order chi connectivity index (χ0) is 50.1. The Balaban J connectivity index is 0.000000917. The normalized spacial score (nSPS) is 11.5. The number of Topliss-reactive ketones (excluding diaryl/α,β-unsaturated/α-hetero) is 3. The van der Waals surface area contributed by atoms with Crippen molar-refractivity contribution in [1.29, 1.82) is 0 Å². The molecule has 0 aliphatic carbocycles. The van der Waals surface area contributed by atoms with E-state index in [0.717, 1.165) is 70.0 Å². The standard InChI is InChI=1S/C15H23BN5O3.C13H22N6O2.C8H16N2O2.C6H10N4/c1-12(23)13(9-16-10-22)6-7-15(24)17-8-4-2-3-5-14-20-18-11-19-21-14;1-10(20)11(14)6-7-13(21)15-8-4-2-3-5-12-18-16-9-17-19-12;1-3-10-8(12)5-4-7(9)6(2)11;1-3-4-6-9-7-5(2)8-10-6/h10-11,13H,2-9H2,1H3,(H,17,24);9,11H,2-8,14H2,1H3,(H,15,21);7H,3-5,9H2,1-2H3,(H,10,12);3-4H2,1-2H3. The molecule has 0 saturated heterocycles. The van der Waals surface area contributed by atoms with Gasteiger partial charge in [0, 0.05) is 64.1 Å². The van der Waals surface area contributed by atoms with E-state index in [1.807, 2.05) is 6.92 Å². The van der Waals surface area contributed by atoms with E-state index in [1.165, 1.54) is 40.7 Å². The van der Waals surface area contributed by atoms with Crippen LogP contribution in [-0.2, 0) is 52.8 Å². The average molecular weight is 937 g/mol. The van der Waals surface area contributed by atoms with Crippen molar-refractivity contribution in [2.75, 3.05) is 19.6 Å². The molecule has 1 radical (unpaired) electrons. The summed E-state index contributed by atoms with van der Waals surface area (Å²) in [4.78, 5) is 77.5. The lowest BCUT2D eigenvalue weighted by molar-refractivity contribution is -0.124. The first-order valence-electron chi connectivity index (χ1n) is 22.7. The fourth-order valence-electron chi connectivity index (χ4n) is 5.36. The van der Waals surface area contributed by atoms with E-state index in [0.29, 0.717) is 81.7 Å². The Kier molecular flexibility index (Phi) is 36.5. The van der Waals surface area contributed by atoms with Gasteiger partial charge in [0.25, 0.3) is 0 Å². The summed E-state index contributed by atoms with van der Waals surface area (Å²) in [7, 11) is 1.42. The highest BCUT2D eigenvalue weighted by Gasteiger charge is 2.16. The highest BCUT2D eigenvalue weighted by Crippen LogP contribution is 2.12. The number of hydrogen-bond acceptors (Lipinski definition) is 21. The molecule has 3 aromatic heterocycles. The molecule has 0 spiro atoms. The fourth-order valence-corrected chi connectivity index (χ4v) is 5.36. The zero-order valence-corrected chi connectivity index (χ0v) is 40.1. The maximum Gasteiger partial charge on any atom is 0.220 e. The van der Waals surface area contributed by atoms with Crippen LogP contribution in [0.5, 0.6) is 0 Å². The Bertz CT molecular complexity index is 1820. The second-order valence-corrected chi connectivity index (χ2v) is 15.3. The van der Waals surface area contributed by atoms with Crippen LogP contribution >= 0.6 is 0 Å². The summed E-state index contributed by atoms with van der Waals surface area (Å²) in [6.07, 6.45) is 14.8. The van der Waals surface area contributed by atoms with Crippen molar-refractivity contribution < 1.29 is 33.6 Å². The number of nitrogens with zero attached hydrogens (tertiary/aromatic N) is 12. The number of amides is 3. The van der Waals surface area contributed by atoms with Crippen LogP contribution in [0.15, 0.2) is 12.7 Å². The van der Waals surface area contributed by atoms with Crippen molar-refractivity contribution in [3.63, 3.8) is 0 Å². The summed E-state index contributed by atoms with van der Waals surface area (Å²) in [5, 5.41) is 53.6. The van der Waals surface area contributed by atoms with Gasteiger partial charge in [-0.15, -0.1) is 61.2 Å². The first-order valence-corrected chi connectivity index (χ1v) is 22.7. The molecule has 7 N–H and O–H groups in total. The number of carbonyl (C=O) groups is 7. The van der Waals surface area contributed by atoms with Crippen LogP contribution in [0, 0.1) is 12.8 Å². The minimum atomic E-state index is -0.538. The van der Waals surface area contributed by atoms with E-state index >= 15 is 0 Å². The molecule has 0 aliphatic heterocycles. The van der Waals surface area contributed by atoms with E-state index in [4.69, 9.17) is 11.5 Å². The molecule has 3 rings (SSSR count). The second-order valence-electron chi connectivity index (χ2n) is 15.3. The van der Waals surface area contributed by atoms with Crippen LogP contribution in [0.1, 0.15) is 141 Å². The number of hydrogen-bond donors (Lipinski definition) is 5. The van der Waals surface area contributed by atoms with Gasteiger partial charge in [0.2, 0.25) is 17.7 Å². The smallest absolute Gasteiger partial charge is 0.220 e. The molecule has 0 saturated carbocycles. The third kappa shape index (κ3) is 35.8. The van der Waals surface area contributed by atoms with Crippen LogP contribution in [-0.4, -0.2) is 141 Å². The Labute approximate surface area is 394 Å². The van der Waals surface area contributed by atoms with Crippen molar-refractivity contribution in [2.45, 2.75) is 163 Å². The topological polar surface area (TPSA) is 362 Å². The Morgan fingerprint density at radius 3 is 1.37 bits per heavy atom. The first kappa shape index (κ1) is 60.9. The number of nitrogens with two attached hydrogens (primary N) is 2. The number of aryl methyl sites for hydroxylation is 4. The number of rotatable bonds is 30. The number of nitrogens with one attached hydrogen (secondary N) is 3. The molecule has 3 atom stereocenters. The van der Waals surface area contributed by atoms with E-state index < -0.39 is 12.1 Å². The maximum atomic E-state index is 11.8. The Hall–Kier alpha value is -6.11. The minimum Gasteiger partial charge on any atom is -0.356 e. The van der Waals surface area contributed by atoms with Gasteiger partial charge in [-0.1, -0.05) is 26.1 Å². The highest BCUT2D eigenvalue weighted by molar-refractivity contribution is 6.66. The lowest BCUT2D eigenvalue weighted by Gasteiger charge is -2.11. The molecule has 369 valence electrons. The van der Waals surface area contributed by atoms with Gasteiger partial charge in [0.1, 0.15) is 17.3 Å². The zero-order valence-electron chi connectivity index (χ0n) is 40.1. The summed E-state index contributed by atoms with van der Waals surface area (Å²) in [6.45, 7) is 11.9. The summed E-state index contributed by atoms with van der Waals surface area (Å²) in [5.74, 6) is 2.04. The molecule has 25 heteroatoms. The Morgan fingerprint density at radius 1 is 0.567 bits per heavy atom. The molecule has 0 fully saturated rings. The van der Waals surface area contributed by atoms with Gasteiger partial charge in [-0.3, -0.25) is 28.8 Å². The monoisotopic (exact) mass is 937 g/mol. The van der Waals surface area contributed by atoms with E-state index in [1.54, 1.807) is 6.92 Å². The van der Waals surface area contributed by atoms with E-state index in [2.05, 4.69) is 84.1 Å². The summed E-state index contributed by atoms with van der Waals surface area (Å²) in [6, 6.07) is -1.03. The number of carbonyl (C=O) groups excluding carboxylic acids is 7. The molecule has 0 aromatic carbocycles. The molecule has 3 heterocycles. The van der Waals surface area contributed by atoms with Crippen molar-refractivity contribution in [1.82, 2.24) is 77.1 Å². The van der Waals surface area contributed by atoms with Crippen LogP contribution < -0.4 is 27.4 Å². The van der Waals surface area contributed by atoms with Gasteiger partial charge in [-0.2, -0.15) is 0 Å². The van der Waals surface area contributed by atoms with Crippen LogP contribution in [0.25, 0.3) is 0 Å². The minimum absolute atomic E-state index is 0.00742. The average Bonchev–Trinajstić information content (AvgIpc) is 3.31. The molecule has 0 aliphatic rings. The summed E-state index contributed by atoms with van der Waals surface area (Å²) in [5.41, 5.74) is 11.0. The summed E-state index contributed by atoms with van der Waals surface area (Å²) >= 11 is 0. The highest BCUT2D eigenvalue weighted by atomic mass is 16.2. The number of unbranched alkanes of at least 4 members (excludes halogenated alkanes) is 4. The summed E-state index contributed by atoms with van der Waals surface area (Å²) < 4.78 is 0. The molecule has 0 bridgehead atoms. The van der Waals surface area contributed by atoms with Gasteiger partial charge in [-0.25, -0.2) is 0 Å². The third-order valence-corrected chi connectivity index (χ3v) is 9.39. The molecule has 3 amide bonds. The van der Waals surface area contributed by atoms with Gasteiger partial charge in [0.15, 0.2) is 43.2 Å². The van der Waals surface area contributed by atoms with Gasteiger partial charge >= 0.3 is 0 Å². The van der Waals surface area contributed by atoms with E-state index in [9.17, 15) is 33.6 Å². The van der Waals surface area contributed by atoms with Crippen molar-refractivity contribution in [3.8, 4) is 0 Å². The van der Waals surface area contributed by atoms with Gasteiger partial charge in [-0.05, 0) is 86.0 Å². The van der Waals surface area contributed by atoms with Crippen LogP contribution in [0.4, 0.5) is 0 Å². The number of aromatic nitrogens is 12. The predicted molar refractivity (Wildman–Crippen MR) is 248 cm³/mol. The lowest BCUT2D eigenvalue weighted by atomic mass is 9.69. The maximum absolute atomic E-state index is 11.8. The van der Waals surface area contributed by atoms with Crippen LogP contribution in [0.3, 0.4) is 0 Å². The molecule has 67 heavy (non-hydrogen) atoms. The predicted octanol–water partition coefficient (Wildman–Crippen LogP) is 0.532. The molecule has 24 nitrogen and oxygen atoms in total. The third-order valence-electron chi connectivity index (χ3n) is 9.39. The molecular weight excluding hydrogens is 865 g/mol. The molecule has 3 aromatic rings. The quantitative estimate of drug-likeness (QED) is 0.0346. The van der Waals surface area contributed by atoms with Crippen molar-refractivity contribution in [2.24, 2.45) is 17.4 Å². The van der Waals surface area contributed by atoms with Crippen molar-refractivity contribution >= 4 is 48.5 Å². The molecule has 3 unspecified atom stereocenters.